The second-order valence-corrected chi connectivity index (χ2v) is 5.62. The summed E-state index contributed by atoms with van der Waals surface area (Å²) in [4.78, 5) is 12.3. The van der Waals surface area contributed by atoms with Crippen LogP contribution < -0.4 is 5.32 Å². The van der Waals surface area contributed by atoms with Crippen molar-refractivity contribution in [1.82, 2.24) is 10.5 Å². The quantitative estimate of drug-likeness (QED) is 0.936. The highest BCUT2D eigenvalue weighted by Crippen LogP contribution is 2.36. The van der Waals surface area contributed by atoms with Gasteiger partial charge in [-0.25, -0.2) is 0 Å². The molecule has 0 aliphatic heterocycles. The Balaban J connectivity index is 2.08. The van der Waals surface area contributed by atoms with Crippen molar-refractivity contribution in [1.29, 1.82) is 0 Å². The van der Waals surface area contributed by atoms with E-state index in [0.29, 0.717) is 32.6 Å². The van der Waals surface area contributed by atoms with E-state index in [9.17, 15) is 4.79 Å². The molecular weight excluding hydrogens is 299 g/mol. The molecule has 0 radical (unpaired) electrons. The molecular formula is C14H12Cl2N2O2. The summed E-state index contributed by atoms with van der Waals surface area (Å²) in [5, 5.41) is 7.75. The molecule has 1 aromatic carbocycles. The summed E-state index contributed by atoms with van der Waals surface area (Å²) in [6.07, 6.45) is 2.02. The van der Waals surface area contributed by atoms with E-state index in [1.165, 1.54) is 0 Å². The molecule has 1 N–H and O–H groups in total. The van der Waals surface area contributed by atoms with Crippen LogP contribution in [-0.2, 0) is 0 Å². The minimum absolute atomic E-state index is 0.197. The maximum Gasteiger partial charge on any atom is 0.257 e. The Bertz CT molecular complexity index is 658. The van der Waals surface area contributed by atoms with Crippen LogP contribution in [-0.4, -0.2) is 17.1 Å². The molecule has 0 bridgehead atoms. The molecule has 1 fully saturated rings. The first kappa shape index (κ1) is 13.5. The van der Waals surface area contributed by atoms with Crippen molar-refractivity contribution in [2.24, 2.45) is 0 Å². The highest BCUT2D eigenvalue weighted by atomic mass is 35.5. The molecule has 0 unspecified atom stereocenters. The molecule has 1 aromatic heterocycles. The Morgan fingerprint density at radius 2 is 2.00 bits per heavy atom. The average molecular weight is 311 g/mol. The molecule has 2 aromatic rings. The van der Waals surface area contributed by atoms with E-state index in [2.05, 4.69) is 10.5 Å². The van der Waals surface area contributed by atoms with Crippen molar-refractivity contribution in [3.05, 3.63) is 39.6 Å². The lowest BCUT2D eigenvalue weighted by molar-refractivity contribution is 0.0950. The predicted octanol–water partition coefficient (Wildman–Crippen LogP) is 3.85. The molecule has 20 heavy (non-hydrogen) atoms. The molecule has 0 spiro atoms. The zero-order valence-corrected chi connectivity index (χ0v) is 12.3. The number of aromatic nitrogens is 1. The number of nitrogens with zero attached hydrogens (tertiary/aromatic N) is 1. The van der Waals surface area contributed by atoms with E-state index in [4.69, 9.17) is 27.7 Å². The van der Waals surface area contributed by atoms with Gasteiger partial charge in [-0.2, -0.15) is 0 Å². The molecule has 1 aliphatic rings. The van der Waals surface area contributed by atoms with Crippen molar-refractivity contribution in [2.75, 3.05) is 0 Å². The number of amides is 1. The monoisotopic (exact) mass is 310 g/mol. The maximum absolute atomic E-state index is 12.3. The third-order valence-corrected chi connectivity index (χ3v) is 3.83. The third kappa shape index (κ3) is 2.41. The van der Waals surface area contributed by atoms with Crippen LogP contribution in [0.5, 0.6) is 0 Å². The van der Waals surface area contributed by atoms with Gasteiger partial charge in [-0.05, 0) is 31.9 Å². The normalized spacial score (nSPS) is 14.3. The van der Waals surface area contributed by atoms with E-state index in [1.54, 1.807) is 25.1 Å². The molecule has 1 amide bonds. The van der Waals surface area contributed by atoms with Crippen molar-refractivity contribution in [3.63, 3.8) is 0 Å². The Labute approximate surface area is 126 Å². The fourth-order valence-corrected chi connectivity index (χ4v) is 2.60. The summed E-state index contributed by atoms with van der Waals surface area (Å²) < 4.78 is 5.16. The van der Waals surface area contributed by atoms with Crippen LogP contribution >= 0.6 is 23.2 Å². The van der Waals surface area contributed by atoms with Gasteiger partial charge in [-0.3, -0.25) is 4.79 Å². The molecule has 4 nitrogen and oxygen atoms in total. The first-order valence-electron chi connectivity index (χ1n) is 6.29. The Morgan fingerprint density at radius 1 is 1.35 bits per heavy atom. The van der Waals surface area contributed by atoms with Gasteiger partial charge in [0.2, 0.25) is 0 Å². The van der Waals surface area contributed by atoms with Crippen molar-refractivity contribution in [2.45, 2.75) is 25.8 Å². The first-order valence-corrected chi connectivity index (χ1v) is 7.05. The number of rotatable bonds is 3. The van der Waals surface area contributed by atoms with Crippen LogP contribution in [0.1, 0.15) is 29.0 Å². The third-order valence-electron chi connectivity index (χ3n) is 3.20. The van der Waals surface area contributed by atoms with Crippen LogP contribution in [0.25, 0.3) is 11.3 Å². The van der Waals surface area contributed by atoms with Crippen LogP contribution in [0.2, 0.25) is 10.0 Å². The number of nitrogens with one attached hydrogen (secondary N) is 1. The summed E-state index contributed by atoms with van der Waals surface area (Å²) in [5.41, 5.74) is 1.30. The Kier molecular flexibility index (Phi) is 3.44. The van der Waals surface area contributed by atoms with Crippen molar-refractivity contribution < 1.29 is 9.32 Å². The van der Waals surface area contributed by atoms with Crippen LogP contribution in [0.15, 0.2) is 22.7 Å². The summed E-state index contributed by atoms with van der Waals surface area (Å²) in [5.74, 6) is 0.256. The van der Waals surface area contributed by atoms with E-state index in [0.717, 1.165) is 12.8 Å². The smallest absolute Gasteiger partial charge is 0.257 e. The van der Waals surface area contributed by atoms with E-state index >= 15 is 0 Å². The minimum atomic E-state index is -0.197. The number of carbonyl (C=O) groups is 1. The number of hydrogen-bond acceptors (Lipinski definition) is 3. The fraction of sp³-hybridized carbons (Fsp3) is 0.286. The zero-order valence-electron chi connectivity index (χ0n) is 10.7. The van der Waals surface area contributed by atoms with Crippen LogP contribution in [0, 0.1) is 6.92 Å². The van der Waals surface area contributed by atoms with Gasteiger partial charge < -0.3 is 9.84 Å². The van der Waals surface area contributed by atoms with E-state index in [1.807, 2.05) is 0 Å². The molecule has 104 valence electrons. The molecule has 3 rings (SSSR count). The molecule has 1 aliphatic carbocycles. The van der Waals surface area contributed by atoms with Gasteiger partial charge in [-0.15, -0.1) is 0 Å². The van der Waals surface area contributed by atoms with E-state index < -0.39 is 0 Å². The molecule has 1 heterocycles. The Hall–Kier alpha value is -1.52. The first-order chi connectivity index (χ1) is 9.58. The minimum Gasteiger partial charge on any atom is -0.360 e. The summed E-state index contributed by atoms with van der Waals surface area (Å²) >= 11 is 12.3. The van der Waals surface area contributed by atoms with Gasteiger partial charge in [0.05, 0.1) is 10.0 Å². The lowest BCUT2D eigenvalue weighted by atomic mass is 10.1. The topological polar surface area (TPSA) is 55.1 Å². The van der Waals surface area contributed by atoms with Gasteiger partial charge in [0.15, 0.2) is 0 Å². The highest BCUT2D eigenvalue weighted by Gasteiger charge is 2.29. The zero-order chi connectivity index (χ0) is 14.3. The molecule has 0 atom stereocenters. The molecule has 6 heteroatoms. The van der Waals surface area contributed by atoms with Gasteiger partial charge in [0, 0.05) is 11.6 Å². The van der Waals surface area contributed by atoms with Crippen molar-refractivity contribution >= 4 is 29.1 Å². The van der Waals surface area contributed by atoms with E-state index in [-0.39, 0.29) is 11.9 Å². The second kappa shape index (κ2) is 5.11. The fourth-order valence-electron chi connectivity index (χ4n) is 2.02. The second-order valence-electron chi connectivity index (χ2n) is 4.81. The van der Waals surface area contributed by atoms with Gasteiger partial charge in [-0.1, -0.05) is 34.4 Å². The maximum atomic E-state index is 12.3. The van der Waals surface area contributed by atoms with Gasteiger partial charge >= 0.3 is 0 Å². The summed E-state index contributed by atoms with van der Waals surface area (Å²) in [6, 6.07) is 5.40. The average Bonchev–Trinajstić information content (AvgIpc) is 3.11. The molecule has 1 saturated carbocycles. The predicted molar refractivity (Wildman–Crippen MR) is 77.2 cm³/mol. The highest BCUT2D eigenvalue weighted by molar-refractivity contribution is 6.39. The number of benzene rings is 1. The van der Waals surface area contributed by atoms with Crippen molar-refractivity contribution in [3.8, 4) is 11.3 Å². The number of carbonyl (C=O) groups excluding carboxylic acids is 1. The lowest BCUT2D eigenvalue weighted by Crippen LogP contribution is -2.26. The Morgan fingerprint density at radius 3 is 2.60 bits per heavy atom. The molecule has 0 saturated heterocycles. The summed E-state index contributed by atoms with van der Waals surface area (Å²) in [6.45, 7) is 1.70. The summed E-state index contributed by atoms with van der Waals surface area (Å²) in [7, 11) is 0. The number of hydrogen-bond donors (Lipinski definition) is 1. The number of halogens is 2. The largest absolute Gasteiger partial charge is 0.360 e. The standard InChI is InChI=1S/C14H12Cl2N2O2/c1-7-11(14(19)17-8-5-6-8)13(18-20-7)12-9(15)3-2-4-10(12)16/h2-4,8H,5-6H2,1H3,(H,17,19). The SMILES string of the molecule is Cc1onc(-c2c(Cl)cccc2Cl)c1C(=O)NC1CC1. The van der Waals surface area contributed by atoms with Crippen LogP contribution in [0.3, 0.4) is 0 Å². The van der Waals surface area contributed by atoms with Gasteiger partial charge in [0.25, 0.3) is 5.91 Å². The van der Waals surface area contributed by atoms with Gasteiger partial charge in [0.1, 0.15) is 17.0 Å². The number of aryl methyl sites for hydroxylation is 1. The van der Waals surface area contributed by atoms with Crippen LogP contribution in [0.4, 0.5) is 0 Å². The lowest BCUT2D eigenvalue weighted by Gasteiger charge is -2.07.